The molecule has 2 rings (SSSR count). The number of nitrogens with one attached hydrogen (secondary N) is 1. The summed E-state index contributed by atoms with van der Waals surface area (Å²) >= 11 is 1.10. The van der Waals surface area contributed by atoms with E-state index in [1.54, 1.807) is 0 Å². The second-order valence-corrected chi connectivity index (χ2v) is 5.12. The highest BCUT2D eigenvalue weighted by Crippen LogP contribution is 2.18. The Hall–Kier alpha value is -1.57. The van der Waals surface area contributed by atoms with Crippen molar-refractivity contribution in [1.82, 2.24) is 20.2 Å². The van der Waals surface area contributed by atoms with Gasteiger partial charge in [-0.2, -0.15) is 9.77 Å². The fourth-order valence-electron chi connectivity index (χ4n) is 1.90. The van der Waals surface area contributed by atoms with E-state index in [1.807, 2.05) is 0 Å². The van der Waals surface area contributed by atoms with Gasteiger partial charge in [0.25, 0.3) is 5.56 Å². The number of nitrogens with two attached hydrogens (primary N) is 1. The van der Waals surface area contributed by atoms with Crippen molar-refractivity contribution >= 4 is 17.7 Å². The smallest absolute Gasteiger partial charge is 0.291 e. The summed E-state index contributed by atoms with van der Waals surface area (Å²) in [7, 11) is 0. The molecule has 1 aromatic rings. The summed E-state index contributed by atoms with van der Waals surface area (Å²) < 4.78 is 0.889. The molecule has 18 heavy (non-hydrogen) atoms. The van der Waals surface area contributed by atoms with Crippen LogP contribution >= 0.6 is 11.8 Å². The third kappa shape index (κ3) is 3.22. The minimum atomic E-state index is -0.441. The van der Waals surface area contributed by atoms with Gasteiger partial charge in [-0.1, -0.05) is 24.6 Å². The van der Waals surface area contributed by atoms with Crippen LogP contribution < -0.4 is 16.7 Å². The van der Waals surface area contributed by atoms with Crippen LogP contribution in [0.4, 0.5) is 0 Å². The molecule has 1 heterocycles. The maximum absolute atomic E-state index is 11.7. The van der Waals surface area contributed by atoms with Crippen molar-refractivity contribution in [1.29, 1.82) is 0 Å². The van der Waals surface area contributed by atoms with Crippen molar-refractivity contribution in [3.05, 3.63) is 16.6 Å². The molecule has 8 heteroatoms. The first-order valence-corrected chi connectivity index (χ1v) is 6.77. The van der Waals surface area contributed by atoms with Gasteiger partial charge in [0.05, 0.1) is 5.75 Å². The Bertz CT molecular complexity index is 483. The second-order valence-electron chi connectivity index (χ2n) is 4.17. The predicted octanol–water partition coefficient (Wildman–Crippen LogP) is -0.497. The van der Waals surface area contributed by atoms with Crippen molar-refractivity contribution in [3.8, 4) is 0 Å². The van der Waals surface area contributed by atoms with E-state index < -0.39 is 5.56 Å². The molecular weight excluding hydrogens is 254 g/mol. The van der Waals surface area contributed by atoms with Crippen LogP contribution in [-0.2, 0) is 4.79 Å². The number of thioether (sulfide) groups is 1. The largest absolute Gasteiger partial charge is 0.353 e. The van der Waals surface area contributed by atoms with E-state index >= 15 is 0 Å². The lowest BCUT2D eigenvalue weighted by Gasteiger charge is -2.11. The highest BCUT2D eigenvalue weighted by atomic mass is 32.2. The molecule has 1 aromatic heterocycles. The summed E-state index contributed by atoms with van der Waals surface area (Å²) in [6.07, 6.45) is 5.46. The van der Waals surface area contributed by atoms with Gasteiger partial charge in [0.15, 0.2) is 0 Å². The number of nitrogens with zero attached hydrogens (tertiary/aromatic N) is 3. The maximum atomic E-state index is 11.7. The standard InChI is InChI=1S/C10H15N5O2S/c11-15-9(17)5-12-14-10(15)18-6-8(16)13-7-3-1-2-4-7/h5,7H,1-4,6,11H2,(H,13,16). The molecule has 0 atom stereocenters. The van der Waals surface area contributed by atoms with E-state index in [-0.39, 0.29) is 16.8 Å². The lowest BCUT2D eigenvalue weighted by atomic mass is 10.2. The Morgan fingerprint density at radius 1 is 1.56 bits per heavy atom. The summed E-state index contributed by atoms with van der Waals surface area (Å²) in [5.41, 5.74) is -0.441. The van der Waals surface area contributed by atoms with Crippen LogP contribution in [-0.4, -0.2) is 32.6 Å². The minimum absolute atomic E-state index is 0.0648. The molecule has 0 aliphatic heterocycles. The minimum Gasteiger partial charge on any atom is -0.353 e. The molecule has 1 amide bonds. The zero-order chi connectivity index (χ0) is 13.0. The van der Waals surface area contributed by atoms with Gasteiger partial charge in [-0.15, -0.1) is 5.10 Å². The van der Waals surface area contributed by atoms with Gasteiger partial charge in [-0.05, 0) is 12.8 Å². The first kappa shape index (κ1) is 12.9. The van der Waals surface area contributed by atoms with E-state index in [0.717, 1.165) is 35.5 Å². The van der Waals surface area contributed by atoms with Crippen LogP contribution in [0.5, 0.6) is 0 Å². The van der Waals surface area contributed by atoms with Crippen LogP contribution in [0.2, 0.25) is 0 Å². The third-order valence-electron chi connectivity index (χ3n) is 2.81. The van der Waals surface area contributed by atoms with Crippen molar-refractivity contribution in [2.75, 3.05) is 11.6 Å². The summed E-state index contributed by atoms with van der Waals surface area (Å²) in [4.78, 5) is 22.8. The lowest BCUT2D eigenvalue weighted by Crippen LogP contribution is -2.34. The van der Waals surface area contributed by atoms with Crippen molar-refractivity contribution < 1.29 is 4.79 Å². The first-order chi connectivity index (χ1) is 8.66. The zero-order valence-electron chi connectivity index (χ0n) is 9.83. The van der Waals surface area contributed by atoms with Gasteiger partial charge in [0, 0.05) is 6.04 Å². The van der Waals surface area contributed by atoms with E-state index in [9.17, 15) is 9.59 Å². The number of carbonyl (C=O) groups excluding carboxylic acids is 1. The first-order valence-electron chi connectivity index (χ1n) is 5.79. The molecule has 0 aromatic carbocycles. The number of aromatic nitrogens is 3. The molecule has 0 unspecified atom stereocenters. The SMILES string of the molecule is Nn1c(SCC(=O)NC2CCCC2)nncc1=O. The van der Waals surface area contributed by atoms with Gasteiger partial charge < -0.3 is 11.2 Å². The summed E-state index contributed by atoms with van der Waals surface area (Å²) in [6, 6.07) is 0.292. The molecule has 3 N–H and O–H groups in total. The molecule has 1 saturated carbocycles. The molecule has 0 saturated heterocycles. The second kappa shape index (κ2) is 5.85. The monoisotopic (exact) mass is 269 g/mol. The number of rotatable bonds is 4. The zero-order valence-corrected chi connectivity index (χ0v) is 10.7. The van der Waals surface area contributed by atoms with Crippen molar-refractivity contribution in [2.45, 2.75) is 36.9 Å². The summed E-state index contributed by atoms with van der Waals surface area (Å²) in [5, 5.41) is 10.4. The highest BCUT2D eigenvalue weighted by Gasteiger charge is 2.17. The Morgan fingerprint density at radius 3 is 3.00 bits per heavy atom. The predicted molar refractivity (Wildman–Crippen MR) is 67.6 cm³/mol. The van der Waals surface area contributed by atoms with Crippen molar-refractivity contribution in [3.63, 3.8) is 0 Å². The summed E-state index contributed by atoms with van der Waals surface area (Å²) in [6.45, 7) is 0. The van der Waals surface area contributed by atoms with Gasteiger partial charge in [0.1, 0.15) is 6.20 Å². The summed E-state index contributed by atoms with van der Waals surface area (Å²) in [5.74, 6) is 5.60. The van der Waals surface area contributed by atoms with Crippen molar-refractivity contribution in [2.24, 2.45) is 0 Å². The number of hydrogen-bond donors (Lipinski definition) is 2. The van der Waals surface area contributed by atoms with E-state index in [1.165, 1.54) is 12.8 Å². The van der Waals surface area contributed by atoms with E-state index in [4.69, 9.17) is 5.84 Å². The van der Waals surface area contributed by atoms with Crippen LogP contribution in [0.25, 0.3) is 0 Å². The molecule has 0 radical (unpaired) electrons. The van der Waals surface area contributed by atoms with Crippen LogP contribution in [0, 0.1) is 0 Å². The fourth-order valence-corrected chi connectivity index (χ4v) is 2.58. The molecule has 1 aliphatic carbocycles. The normalized spacial score (nSPS) is 15.8. The Kier molecular flexibility index (Phi) is 4.19. The Labute approximate surface area is 108 Å². The molecule has 1 fully saturated rings. The van der Waals surface area contributed by atoms with Crippen LogP contribution in [0.15, 0.2) is 16.1 Å². The molecular formula is C10H15N5O2S. The molecule has 0 bridgehead atoms. The number of carbonyl (C=O) groups is 1. The Balaban J connectivity index is 1.85. The third-order valence-corrected chi connectivity index (χ3v) is 3.75. The van der Waals surface area contributed by atoms with Gasteiger partial charge in [-0.25, -0.2) is 0 Å². The fraction of sp³-hybridized carbons (Fsp3) is 0.600. The topological polar surface area (TPSA) is 103 Å². The number of hydrogen-bond acceptors (Lipinski definition) is 6. The average molecular weight is 269 g/mol. The highest BCUT2D eigenvalue weighted by molar-refractivity contribution is 7.99. The van der Waals surface area contributed by atoms with E-state index in [0.29, 0.717) is 6.04 Å². The van der Waals surface area contributed by atoms with Crippen LogP contribution in [0.1, 0.15) is 25.7 Å². The lowest BCUT2D eigenvalue weighted by molar-refractivity contribution is -0.119. The van der Waals surface area contributed by atoms with Crippen LogP contribution in [0.3, 0.4) is 0 Å². The average Bonchev–Trinajstić information content (AvgIpc) is 2.84. The molecule has 7 nitrogen and oxygen atoms in total. The van der Waals surface area contributed by atoms with E-state index in [2.05, 4.69) is 15.5 Å². The molecule has 98 valence electrons. The molecule has 1 aliphatic rings. The van der Waals surface area contributed by atoms with Gasteiger partial charge in [-0.3, -0.25) is 9.59 Å². The number of amides is 1. The number of nitrogen functional groups attached to an aromatic ring is 1. The quantitative estimate of drug-likeness (QED) is 0.564. The maximum Gasteiger partial charge on any atom is 0.291 e. The van der Waals surface area contributed by atoms with Gasteiger partial charge >= 0.3 is 0 Å². The van der Waals surface area contributed by atoms with Gasteiger partial charge in [0.2, 0.25) is 11.1 Å². The molecule has 0 spiro atoms. The Morgan fingerprint density at radius 2 is 2.28 bits per heavy atom.